The molecule has 0 aromatic rings. The molecule has 0 amide bonds. The fraction of sp³-hybridized carbons (Fsp3) is 1.00. The maximum Gasteiger partial charge on any atom is 0.214 e. The van der Waals surface area contributed by atoms with Gasteiger partial charge in [-0.05, 0) is 37.6 Å². The van der Waals surface area contributed by atoms with E-state index in [9.17, 15) is 8.42 Å². The number of hydrogen-bond acceptors (Lipinski definition) is 3. The molecule has 3 aliphatic rings. The van der Waals surface area contributed by atoms with Gasteiger partial charge in [-0.2, -0.15) is 4.31 Å². The third-order valence-electron chi connectivity index (χ3n) is 4.92. The summed E-state index contributed by atoms with van der Waals surface area (Å²) in [6.07, 6.45) is 6.98. The highest BCUT2D eigenvalue weighted by Crippen LogP contribution is 2.32. The van der Waals surface area contributed by atoms with Gasteiger partial charge >= 0.3 is 0 Å². The summed E-state index contributed by atoms with van der Waals surface area (Å²) in [4.78, 5) is 0. The Balaban J connectivity index is 1.66. The van der Waals surface area contributed by atoms with Gasteiger partial charge in [0.2, 0.25) is 10.0 Å². The molecule has 2 atom stereocenters. The first-order valence-corrected chi connectivity index (χ1v) is 8.98. The maximum absolute atomic E-state index is 12.5. The summed E-state index contributed by atoms with van der Waals surface area (Å²) in [5.74, 6) is 1.37. The zero-order chi connectivity index (χ0) is 12.6. The standard InChI is InChI=1S/C13H24N2O2S/c16-18(17,10-11-4-2-1-3-5-11)15-7-6-12-8-14-9-13(12)15/h11-14H,1-10H2/t12-,13+/m0/s1. The van der Waals surface area contributed by atoms with Gasteiger partial charge in [0.1, 0.15) is 0 Å². The summed E-state index contributed by atoms with van der Waals surface area (Å²) >= 11 is 0. The molecular weight excluding hydrogens is 248 g/mol. The molecule has 2 heterocycles. The third kappa shape index (κ3) is 2.45. The predicted molar refractivity (Wildman–Crippen MR) is 71.8 cm³/mol. The van der Waals surface area contributed by atoms with Gasteiger partial charge in [0.25, 0.3) is 0 Å². The Morgan fingerprint density at radius 2 is 1.83 bits per heavy atom. The van der Waals surface area contributed by atoms with Crippen molar-refractivity contribution in [2.24, 2.45) is 11.8 Å². The van der Waals surface area contributed by atoms with Crippen molar-refractivity contribution in [2.75, 3.05) is 25.4 Å². The second-order valence-electron chi connectivity index (χ2n) is 6.17. The van der Waals surface area contributed by atoms with Crippen molar-refractivity contribution in [3.63, 3.8) is 0 Å². The molecule has 0 spiro atoms. The SMILES string of the molecule is O=S(=O)(CC1CCCCC1)N1CC[C@H]2CNC[C@H]21. The average Bonchev–Trinajstić information content (AvgIpc) is 2.90. The summed E-state index contributed by atoms with van der Waals surface area (Å²) < 4.78 is 26.9. The van der Waals surface area contributed by atoms with E-state index in [-0.39, 0.29) is 6.04 Å². The van der Waals surface area contributed by atoms with Gasteiger partial charge in [0.05, 0.1) is 5.75 Å². The van der Waals surface area contributed by atoms with Gasteiger partial charge in [-0.3, -0.25) is 0 Å². The molecule has 0 unspecified atom stereocenters. The molecule has 3 fully saturated rings. The molecule has 0 aromatic heterocycles. The van der Waals surface area contributed by atoms with E-state index >= 15 is 0 Å². The van der Waals surface area contributed by atoms with Crippen molar-refractivity contribution < 1.29 is 8.42 Å². The van der Waals surface area contributed by atoms with Crippen LogP contribution in [0.25, 0.3) is 0 Å². The number of rotatable bonds is 3. The van der Waals surface area contributed by atoms with Crippen molar-refractivity contribution in [3.05, 3.63) is 0 Å². The summed E-state index contributed by atoms with van der Waals surface area (Å²) in [6, 6.07) is 0.249. The summed E-state index contributed by atoms with van der Waals surface area (Å²) in [7, 11) is -3.02. The van der Waals surface area contributed by atoms with E-state index in [0.29, 0.717) is 17.6 Å². The summed E-state index contributed by atoms with van der Waals surface area (Å²) in [5, 5.41) is 3.32. The molecular formula is C13H24N2O2S. The van der Waals surface area contributed by atoms with Gasteiger partial charge < -0.3 is 5.32 Å². The number of nitrogens with one attached hydrogen (secondary N) is 1. The third-order valence-corrected chi connectivity index (χ3v) is 6.98. The number of sulfonamides is 1. The fourth-order valence-corrected chi connectivity index (χ4v) is 6.07. The van der Waals surface area contributed by atoms with Crippen molar-refractivity contribution in [1.29, 1.82) is 0 Å². The van der Waals surface area contributed by atoms with Gasteiger partial charge in [-0.1, -0.05) is 19.3 Å². The molecule has 104 valence electrons. The second-order valence-corrected chi connectivity index (χ2v) is 8.13. The van der Waals surface area contributed by atoms with Crippen LogP contribution in [0.1, 0.15) is 38.5 Å². The predicted octanol–water partition coefficient (Wildman–Crippen LogP) is 1.19. The van der Waals surface area contributed by atoms with Crippen molar-refractivity contribution in [3.8, 4) is 0 Å². The van der Waals surface area contributed by atoms with E-state index in [2.05, 4.69) is 5.32 Å². The Labute approximate surface area is 110 Å². The van der Waals surface area contributed by atoms with E-state index in [1.165, 1.54) is 19.3 Å². The lowest BCUT2D eigenvalue weighted by Gasteiger charge is -2.27. The quantitative estimate of drug-likeness (QED) is 0.839. The van der Waals surface area contributed by atoms with Gasteiger partial charge in [-0.25, -0.2) is 8.42 Å². The minimum Gasteiger partial charge on any atom is -0.315 e. The molecule has 0 radical (unpaired) electrons. The molecule has 4 nitrogen and oxygen atoms in total. The molecule has 1 N–H and O–H groups in total. The zero-order valence-corrected chi connectivity index (χ0v) is 11.8. The largest absolute Gasteiger partial charge is 0.315 e. The monoisotopic (exact) mass is 272 g/mol. The number of hydrogen-bond donors (Lipinski definition) is 1. The van der Waals surface area contributed by atoms with Crippen molar-refractivity contribution >= 4 is 10.0 Å². The first-order valence-electron chi connectivity index (χ1n) is 7.37. The highest BCUT2D eigenvalue weighted by Gasteiger charge is 2.43. The molecule has 18 heavy (non-hydrogen) atoms. The van der Waals surface area contributed by atoms with Gasteiger partial charge in [0.15, 0.2) is 0 Å². The highest BCUT2D eigenvalue weighted by atomic mass is 32.2. The Kier molecular flexibility index (Phi) is 3.65. The van der Waals surface area contributed by atoms with Crippen LogP contribution >= 0.6 is 0 Å². The molecule has 3 rings (SSSR count). The first kappa shape index (κ1) is 12.9. The number of nitrogens with zero attached hydrogens (tertiary/aromatic N) is 1. The fourth-order valence-electron chi connectivity index (χ4n) is 3.90. The normalized spacial score (nSPS) is 34.9. The highest BCUT2D eigenvalue weighted by molar-refractivity contribution is 7.89. The van der Waals surface area contributed by atoms with Crippen LogP contribution in [0.5, 0.6) is 0 Å². The van der Waals surface area contributed by atoms with Gasteiger partial charge in [0, 0.05) is 19.1 Å². The van der Waals surface area contributed by atoms with E-state index < -0.39 is 10.0 Å². The van der Waals surface area contributed by atoms with E-state index in [1.807, 2.05) is 4.31 Å². The lowest BCUT2D eigenvalue weighted by atomic mass is 9.91. The Morgan fingerprint density at radius 3 is 2.61 bits per heavy atom. The van der Waals surface area contributed by atoms with Crippen LogP contribution in [0.4, 0.5) is 0 Å². The lowest BCUT2D eigenvalue weighted by molar-refractivity contribution is 0.354. The molecule has 0 bridgehead atoms. The van der Waals surface area contributed by atoms with Crippen LogP contribution in [0, 0.1) is 11.8 Å². The summed E-state index contributed by atoms with van der Waals surface area (Å²) in [5.41, 5.74) is 0. The molecule has 2 aliphatic heterocycles. The maximum atomic E-state index is 12.5. The van der Waals surface area contributed by atoms with Crippen molar-refractivity contribution in [1.82, 2.24) is 9.62 Å². The smallest absolute Gasteiger partial charge is 0.214 e. The minimum atomic E-state index is -3.02. The second kappa shape index (κ2) is 5.10. The number of fused-ring (bicyclic) bond motifs is 1. The molecule has 0 aromatic carbocycles. The van der Waals surface area contributed by atoms with Crippen LogP contribution in [-0.2, 0) is 10.0 Å². The average molecular weight is 272 g/mol. The molecule has 1 saturated carbocycles. The lowest BCUT2D eigenvalue weighted by Crippen LogP contribution is -2.41. The van der Waals surface area contributed by atoms with Gasteiger partial charge in [-0.15, -0.1) is 0 Å². The first-order chi connectivity index (χ1) is 8.67. The molecule has 1 aliphatic carbocycles. The van der Waals surface area contributed by atoms with Crippen LogP contribution < -0.4 is 5.32 Å². The zero-order valence-electron chi connectivity index (χ0n) is 11.0. The minimum absolute atomic E-state index is 0.249. The molecule has 5 heteroatoms. The summed E-state index contributed by atoms with van der Waals surface area (Å²) in [6.45, 7) is 2.61. The van der Waals surface area contributed by atoms with Crippen molar-refractivity contribution in [2.45, 2.75) is 44.6 Å². The Hall–Kier alpha value is -0.130. The topological polar surface area (TPSA) is 49.4 Å². The van der Waals surface area contributed by atoms with Crippen LogP contribution in [0.15, 0.2) is 0 Å². The molecule has 2 saturated heterocycles. The Bertz CT molecular complexity index is 390. The van der Waals surface area contributed by atoms with Crippen LogP contribution in [0.3, 0.4) is 0 Å². The van der Waals surface area contributed by atoms with E-state index in [0.717, 1.165) is 38.9 Å². The van der Waals surface area contributed by atoms with Crippen LogP contribution in [-0.4, -0.2) is 44.2 Å². The van der Waals surface area contributed by atoms with E-state index in [1.54, 1.807) is 0 Å². The van der Waals surface area contributed by atoms with Crippen LogP contribution in [0.2, 0.25) is 0 Å². The Morgan fingerprint density at radius 1 is 1.06 bits per heavy atom. The van der Waals surface area contributed by atoms with E-state index in [4.69, 9.17) is 0 Å².